The third-order valence-corrected chi connectivity index (χ3v) is 4.97. The first-order valence-corrected chi connectivity index (χ1v) is 8.76. The summed E-state index contributed by atoms with van der Waals surface area (Å²) in [5.74, 6) is -1.77. The van der Waals surface area contributed by atoms with Crippen LogP contribution >= 0.6 is 0 Å². The molecule has 8 heteroatoms. The number of carbonyl (C=O) groups is 2. The van der Waals surface area contributed by atoms with Gasteiger partial charge in [0.15, 0.2) is 16.4 Å². The van der Waals surface area contributed by atoms with Crippen LogP contribution in [0.2, 0.25) is 0 Å². The summed E-state index contributed by atoms with van der Waals surface area (Å²) in [5.41, 5.74) is 0.488. The number of halogens is 1. The molecule has 1 amide bonds. The SMILES string of the molecule is O=C(COC(=O)/C=C/c1cccc(F)c1)N[C@@H]1CCS(=O)(=O)C1. The number of nitrogens with one attached hydrogen (secondary N) is 1. The average molecular weight is 341 g/mol. The van der Waals surface area contributed by atoms with Crippen molar-refractivity contribution in [3.63, 3.8) is 0 Å². The Morgan fingerprint density at radius 1 is 1.39 bits per heavy atom. The quantitative estimate of drug-likeness (QED) is 0.628. The molecule has 1 aliphatic heterocycles. The third kappa shape index (κ3) is 5.82. The van der Waals surface area contributed by atoms with E-state index >= 15 is 0 Å². The van der Waals surface area contributed by atoms with Gasteiger partial charge in [0, 0.05) is 12.1 Å². The Hall–Kier alpha value is -2.22. The summed E-state index contributed by atoms with van der Waals surface area (Å²) in [6.45, 7) is -0.497. The number of esters is 1. The summed E-state index contributed by atoms with van der Waals surface area (Å²) in [5, 5.41) is 2.50. The second-order valence-corrected chi connectivity index (χ2v) is 7.39. The number of rotatable bonds is 5. The molecule has 1 heterocycles. The van der Waals surface area contributed by atoms with Crippen molar-refractivity contribution in [2.45, 2.75) is 12.5 Å². The van der Waals surface area contributed by atoms with Gasteiger partial charge in [-0.3, -0.25) is 4.79 Å². The van der Waals surface area contributed by atoms with Gasteiger partial charge in [-0.05, 0) is 30.2 Å². The Bertz CT molecular complexity index is 729. The first-order chi connectivity index (χ1) is 10.8. The average Bonchev–Trinajstić information content (AvgIpc) is 2.82. The molecule has 0 aromatic heterocycles. The monoisotopic (exact) mass is 341 g/mol. The van der Waals surface area contributed by atoms with Crippen LogP contribution in [0.3, 0.4) is 0 Å². The van der Waals surface area contributed by atoms with E-state index < -0.39 is 40.2 Å². The lowest BCUT2D eigenvalue weighted by atomic mass is 10.2. The van der Waals surface area contributed by atoms with Crippen LogP contribution in [0.15, 0.2) is 30.3 Å². The molecule has 124 valence electrons. The van der Waals surface area contributed by atoms with E-state index in [1.165, 1.54) is 24.3 Å². The van der Waals surface area contributed by atoms with Crippen LogP contribution in [-0.4, -0.2) is 44.4 Å². The third-order valence-electron chi connectivity index (χ3n) is 3.20. The van der Waals surface area contributed by atoms with Crippen molar-refractivity contribution in [1.29, 1.82) is 0 Å². The van der Waals surface area contributed by atoms with E-state index in [-0.39, 0.29) is 11.5 Å². The zero-order valence-corrected chi connectivity index (χ0v) is 13.0. The fourth-order valence-electron chi connectivity index (χ4n) is 2.14. The molecule has 2 rings (SSSR count). The van der Waals surface area contributed by atoms with Crippen molar-refractivity contribution in [2.75, 3.05) is 18.1 Å². The lowest BCUT2D eigenvalue weighted by Crippen LogP contribution is -2.38. The van der Waals surface area contributed by atoms with Crippen LogP contribution in [-0.2, 0) is 24.2 Å². The molecule has 1 fully saturated rings. The Balaban J connectivity index is 1.75. The molecule has 0 radical (unpaired) electrons. The van der Waals surface area contributed by atoms with Gasteiger partial charge < -0.3 is 10.1 Å². The molecular formula is C15H16FNO5S. The number of hydrogen-bond acceptors (Lipinski definition) is 5. The molecule has 1 N–H and O–H groups in total. The van der Waals surface area contributed by atoms with E-state index in [1.807, 2.05) is 0 Å². The Morgan fingerprint density at radius 3 is 2.83 bits per heavy atom. The smallest absolute Gasteiger partial charge is 0.331 e. The predicted octanol–water partition coefficient (Wildman–Crippen LogP) is 0.685. The fraction of sp³-hybridized carbons (Fsp3) is 0.333. The number of sulfone groups is 1. The highest BCUT2D eigenvalue weighted by Gasteiger charge is 2.28. The van der Waals surface area contributed by atoms with Crippen molar-refractivity contribution in [3.05, 3.63) is 41.7 Å². The van der Waals surface area contributed by atoms with Crippen molar-refractivity contribution in [3.8, 4) is 0 Å². The molecule has 0 unspecified atom stereocenters. The summed E-state index contributed by atoms with van der Waals surface area (Å²) < 4.78 is 40.2. The van der Waals surface area contributed by atoms with Crippen LogP contribution in [0.1, 0.15) is 12.0 Å². The highest BCUT2D eigenvalue weighted by atomic mass is 32.2. The Labute approximate surface area is 133 Å². The Kier molecular flexibility index (Phi) is 5.49. The topological polar surface area (TPSA) is 89.5 Å². The first-order valence-electron chi connectivity index (χ1n) is 6.94. The molecule has 0 spiro atoms. The number of benzene rings is 1. The van der Waals surface area contributed by atoms with Crippen LogP contribution in [0.4, 0.5) is 4.39 Å². The van der Waals surface area contributed by atoms with Crippen molar-refractivity contribution in [1.82, 2.24) is 5.32 Å². The number of carbonyl (C=O) groups excluding carboxylic acids is 2. The van der Waals surface area contributed by atoms with Gasteiger partial charge in [-0.1, -0.05) is 12.1 Å². The summed E-state index contributed by atoms with van der Waals surface area (Å²) in [7, 11) is -3.08. The number of hydrogen-bond donors (Lipinski definition) is 1. The maximum absolute atomic E-state index is 12.9. The molecule has 1 aromatic rings. The molecule has 0 bridgehead atoms. The summed E-state index contributed by atoms with van der Waals surface area (Å²) >= 11 is 0. The van der Waals surface area contributed by atoms with Gasteiger partial charge in [0.1, 0.15) is 5.82 Å². The molecule has 23 heavy (non-hydrogen) atoms. The minimum Gasteiger partial charge on any atom is -0.452 e. The molecular weight excluding hydrogens is 325 g/mol. The highest BCUT2D eigenvalue weighted by Crippen LogP contribution is 2.11. The minimum atomic E-state index is -3.08. The maximum atomic E-state index is 12.9. The van der Waals surface area contributed by atoms with Gasteiger partial charge in [-0.25, -0.2) is 17.6 Å². The second kappa shape index (κ2) is 7.36. The molecule has 6 nitrogen and oxygen atoms in total. The van der Waals surface area contributed by atoms with E-state index in [0.717, 1.165) is 6.08 Å². The molecule has 1 saturated heterocycles. The van der Waals surface area contributed by atoms with Gasteiger partial charge >= 0.3 is 5.97 Å². The number of ether oxygens (including phenoxy) is 1. The van der Waals surface area contributed by atoms with Crippen molar-refractivity contribution < 1.29 is 27.1 Å². The number of amides is 1. The molecule has 1 aliphatic rings. The van der Waals surface area contributed by atoms with E-state index in [2.05, 4.69) is 5.32 Å². The van der Waals surface area contributed by atoms with Gasteiger partial charge in [0.25, 0.3) is 5.91 Å². The fourth-order valence-corrected chi connectivity index (χ4v) is 3.81. The normalized spacial score (nSPS) is 19.6. The van der Waals surface area contributed by atoms with E-state index in [0.29, 0.717) is 12.0 Å². The lowest BCUT2D eigenvalue weighted by molar-refractivity contribution is -0.143. The van der Waals surface area contributed by atoms with E-state index in [4.69, 9.17) is 4.74 Å². The molecule has 0 saturated carbocycles. The standard InChI is InChI=1S/C15H16FNO5S/c16-12-3-1-2-11(8-12)4-5-15(19)22-9-14(18)17-13-6-7-23(20,21)10-13/h1-5,8,13H,6-7,9-10H2,(H,17,18)/b5-4+/t13-/m1/s1. The predicted molar refractivity (Wildman–Crippen MR) is 81.6 cm³/mol. The largest absolute Gasteiger partial charge is 0.452 e. The Morgan fingerprint density at radius 2 is 2.17 bits per heavy atom. The van der Waals surface area contributed by atoms with Crippen LogP contribution in [0, 0.1) is 5.82 Å². The summed E-state index contributed by atoms with van der Waals surface area (Å²) in [6, 6.07) is 5.21. The van der Waals surface area contributed by atoms with E-state index in [1.54, 1.807) is 6.07 Å². The summed E-state index contributed by atoms with van der Waals surface area (Å²) in [6.07, 6.45) is 2.82. The molecule has 1 aromatic carbocycles. The maximum Gasteiger partial charge on any atom is 0.331 e. The van der Waals surface area contributed by atoms with Crippen LogP contribution in [0.5, 0.6) is 0 Å². The molecule has 0 aliphatic carbocycles. The zero-order chi connectivity index (χ0) is 16.9. The highest BCUT2D eigenvalue weighted by molar-refractivity contribution is 7.91. The van der Waals surface area contributed by atoms with E-state index in [9.17, 15) is 22.4 Å². The zero-order valence-electron chi connectivity index (χ0n) is 12.2. The van der Waals surface area contributed by atoms with Gasteiger partial charge in [0.05, 0.1) is 11.5 Å². The minimum absolute atomic E-state index is 0.0497. The van der Waals surface area contributed by atoms with Crippen LogP contribution < -0.4 is 5.32 Å². The van der Waals surface area contributed by atoms with Gasteiger partial charge in [-0.15, -0.1) is 0 Å². The lowest BCUT2D eigenvalue weighted by Gasteiger charge is -2.10. The first kappa shape index (κ1) is 17.1. The van der Waals surface area contributed by atoms with Gasteiger partial charge in [0.2, 0.25) is 0 Å². The van der Waals surface area contributed by atoms with Crippen molar-refractivity contribution >= 4 is 27.8 Å². The van der Waals surface area contributed by atoms with Crippen LogP contribution in [0.25, 0.3) is 6.08 Å². The second-order valence-electron chi connectivity index (χ2n) is 5.16. The molecule has 1 atom stereocenters. The summed E-state index contributed by atoms with van der Waals surface area (Å²) in [4.78, 5) is 23.0. The van der Waals surface area contributed by atoms with Gasteiger partial charge in [-0.2, -0.15) is 0 Å². The van der Waals surface area contributed by atoms with Crippen molar-refractivity contribution in [2.24, 2.45) is 0 Å².